The van der Waals surface area contributed by atoms with Gasteiger partial charge in [0.05, 0.1) is 19.4 Å². The number of hydrogen-bond donors (Lipinski definition) is 0. The van der Waals surface area contributed by atoms with Gasteiger partial charge in [-0.15, -0.1) is 0 Å². The summed E-state index contributed by atoms with van der Waals surface area (Å²) < 4.78 is 12.6. The lowest BCUT2D eigenvalue weighted by Crippen LogP contribution is -2.23. The second kappa shape index (κ2) is 10.6. The Labute approximate surface area is 160 Å². The highest BCUT2D eigenvalue weighted by Crippen LogP contribution is 2.22. The Kier molecular flexibility index (Phi) is 8.11. The van der Waals surface area contributed by atoms with Crippen LogP contribution in [0.15, 0.2) is 47.5 Å². The molecule has 0 aliphatic rings. The summed E-state index contributed by atoms with van der Waals surface area (Å²) in [4.78, 5) is 24.9. The van der Waals surface area contributed by atoms with E-state index in [0.29, 0.717) is 13.2 Å². The molecule has 0 unspecified atom stereocenters. The second-order valence-corrected chi connectivity index (χ2v) is 6.50. The molecule has 0 aliphatic heterocycles. The smallest absolute Gasteiger partial charge is 0.343 e. The lowest BCUT2D eigenvalue weighted by atomic mass is 9.96. The average molecular weight is 371 g/mol. The molecule has 0 aliphatic carbocycles. The van der Waals surface area contributed by atoms with E-state index in [1.165, 1.54) is 5.56 Å². The molecule has 0 radical (unpaired) electrons. The topological polar surface area (TPSA) is 57.5 Å². The average Bonchev–Trinajstić information content (AvgIpc) is 2.69. The normalized spacial score (nSPS) is 11.8. The third-order valence-corrected chi connectivity index (χ3v) is 4.49. The Bertz CT molecular complexity index is 783. The van der Waals surface area contributed by atoms with Crippen molar-refractivity contribution in [3.05, 3.63) is 64.1 Å². The largest absolute Gasteiger partial charge is 0.488 e. The number of unbranched alkanes of at least 4 members (excludes halogenated alkanes) is 1. The summed E-state index contributed by atoms with van der Waals surface area (Å²) in [5.74, 6) is -0.130. The summed E-state index contributed by atoms with van der Waals surface area (Å²) in [5, 5.41) is 0. The van der Waals surface area contributed by atoms with Gasteiger partial charge in [-0.05, 0) is 25.3 Å². The van der Waals surface area contributed by atoms with E-state index in [0.717, 1.165) is 19.3 Å². The standard InChI is InChI=1S/C22H29NO4/c1-4-7-13-27-20-16-23(15-19(21(20)24)22(25)26-6-3)14-17(5-2)18-11-9-8-10-12-18/h8-12,15-17H,4-7,13-14H2,1-3H3/t17-/m1/s1. The Morgan fingerprint density at radius 1 is 1.11 bits per heavy atom. The van der Waals surface area contributed by atoms with Gasteiger partial charge in [-0.2, -0.15) is 0 Å². The molecule has 1 aromatic heterocycles. The van der Waals surface area contributed by atoms with E-state index in [1.54, 1.807) is 19.3 Å². The number of carbonyl (C=O) groups excluding carboxylic acids is 1. The summed E-state index contributed by atoms with van der Waals surface area (Å²) in [6.45, 7) is 7.24. The van der Waals surface area contributed by atoms with Gasteiger partial charge in [-0.3, -0.25) is 4.79 Å². The van der Waals surface area contributed by atoms with Gasteiger partial charge in [0.15, 0.2) is 5.75 Å². The lowest BCUT2D eigenvalue weighted by Gasteiger charge is -2.19. The zero-order valence-electron chi connectivity index (χ0n) is 16.4. The monoisotopic (exact) mass is 371 g/mol. The van der Waals surface area contributed by atoms with Crippen molar-refractivity contribution in [1.82, 2.24) is 4.57 Å². The second-order valence-electron chi connectivity index (χ2n) is 6.50. The summed E-state index contributed by atoms with van der Waals surface area (Å²) >= 11 is 0. The van der Waals surface area contributed by atoms with Crippen LogP contribution in [0.25, 0.3) is 0 Å². The SMILES string of the molecule is CCCCOc1cn(C[C@@H](CC)c2ccccc2)cc(C(=O)OCC)c1=O. The van der Waals surface area contributed by atoms with Gasteiger partial charge >= 0.3 is 5.97 Å². The van der Waals surface area contributed by atoms with Crippen LogP contribution in [0.4, 0.5) is 0 Å². The number of carbonyl (C=O) groups is 1. The van der Waals surface area contributed by atoms with Gasteiger partial charge in [0, 0.05) is 18.7 Å². The fraction of sp³-hybridized carbons (Fsp3) is 0.455. The third kappa shape index (κ3) is 5.71. The van der Waals surface area contributed by atoms with Crippen LogP contribution in [0.2, 0.25) is 0 Å². The molecule has 146 valence electrons. The van der Waals surface area contributed by atoms with Crippen molar-refractivity contribution < 1.29 is 14.3 Å². The number of rotatable bonds is 10. The molecule has 0 saturated carbocycles. The maximum atomic E-state index is 12.6. The highest BCUT2D eigenvalue weighted by molar-refractivity contribution is 5.89. The number of aromatic nitrogens is 1. The predicted octanol–water partition coefficient (Wildman–Crippen LogP) is 4.40. The Morgan fingerprint density at radius 3 is 2.48 bits per heavy atom. The van der Waals surface area contributed by atoms with Crippen LogP contribution in [0.3, 0.4) is 0 Å². The van der Waals surface area contributed by atoms with Crippen molar-refractivity contribution in [3.63, 3.8) is 0 Å². The molecule has 0 saturated heterocycles. The minimum Gasteiger partial charge on any atom is -0.488 e. The van der Waals surface area contributed by atoms with E-state index < -0.39 is 11.4 Å². The van der Waals surface area contributed by atoms with Crippen LogP contribution in [-0.2, 0) is 11.3 Å². The summed E-state index contributed by atoms with van der Waals surface area (Å²) in [6, 6.07) is 10.2. The quantitative estimate of drug-likeness (QED) is 0.459. The van der Waals surface area contributed by atoms with Crippen molar-refractivity contribution in [2.75, 3.05) is 13.2 Å². The van der Waals surface area contributed by atoms with Crippen molar-refractivity contribution in [3.8, 4) is 5.75 Å². The first-order valence-corrected chi connectivity index (χ1v) is 9.69. The lowest BCUT2D eigenvalue weighted by molar-refractivity contribution is 0.0523. The van der Waals surface area contributed by atoms with E-state index in [-0.39, 0.29) is 23.8 Å². The first-order chi connectivity index (χ1) is 13.1. The minimum atomic E-state index is -0.607. The summed E-state index contributed by atoms with van der Waals surface area (Å²) in [5.41, 5.74) is 0.840. The summed E-state index contributed by atoms with van der Waals surface area (Å²) in [7, 11) is 0. The number of esters is 1. The number of ether oxygens (including phenoxy) is 2. The minimum absolute atomic E-state index is 0.0220. The molecule has 1 heterocycles. The molecular weight excluding hydrogens is 342 g/mol. The first kappa shape index (κ1) is 20.7. The first-order valence-electron chi connectivity index (χ1n) is 9.69. The van der Waals surface area contributed by atoms with Crippen molar-refractivity contribution >= 4 is 5.97 Å². The fourth-order valence-corrected chi connectivity index (χ4v) is 2.94. The van der Waals surface area contributed by atoms with Crippen LogP contribution in [0.5, 0.6) is 5.75 Å². The van der Waals surface area contributed by atoms with Crippen LogP contribution in [0, 0.1) is 0 Å². The molecule has 0 bridgehead atoms. The van der Waals surface area contributed by atoms with Gasteiger partial charge < -0.3 is 14.0 Å². The van der Waals surface area contributed by atoms with Crippen molar-refractivity contribution in [1.29, 1.82) is 0 Å². The van der Waals surface area contributed by atoms with E-state index in [9.17, 15) is 9.59 Å². The Hall–Kier alpha value is -2.56. The molecule has 1 atom stereocenters. The van der Waals surface area contributed by atoms with Gasteiger partial charge in [0.2, 0.25) is 5.43 Å². The van der Waals surface area contributed by atoms with Crippen LogP contribution >= 0.6 is 0 Å². The van der Waals surface area contributed by atoms with Gasteiger partial charge in [0.25, 0.3) is 0 Å². The molecule has 2 rings (SSSR count). The molecule has 5 heteroatoms. The molecule has 0 amide bonds. The number of pyridine rings is 1. The van der Waals surface area contributed by atoms with Crippen LogP contribution < -0.4 is 10.2 Å². The van der Waals surface area contributed by atoms with E-state index in [4.69, 9.17) is 9.47 Å². The van der Waals surface area contributed by atoms with Gasteiger partial charge in [-0.25, -0.2) is 4.79 Å². The Balaban J connectivity index is 2.35. The maximum absolute atomic E-state index is 12.6. The number of hydrogen-bond acceptors (Lipinski definition) is 4. The Morgan fingerprint density at radius 2 is 1.85 bits per heavy atom. The molecule has 1 aromatic carbocycles. The summed E-state index contributed by atoms with van der Waals surface area (Å²) in [6.07, 6.45) is 6.05. The number of nitrogens with zero attached hydrogens (tertiary/aromatic N) is 1. The van der Waals surface area contributed by atoms with E-state index >= 15 is 0 Å². The van der Waals surface area contributed by atoms with Crippen LogP contribution in [0.1, 0.15) is 61.9 Å². The molecule has 2 aromatic rings. The van der Waals surface area contributed by atoms with E-state index in [1.807, 2.05) is 22.8 Å². The van der Waals surface area contributed by atoms with E-state index in [2.05, 4.69) is 26.0 Å². The van der Waals surface area contributed by atoms with Crippen LogP contribution in [-0.4, -0.2) is 23.8 Å². The zero-order chi connectivity index (χ0) is 19.6. The molecule has 27 heavy (non-hydrogen) atoms. The van der Waals surface area contributed by atoms with Crippen molar-refractivity contribution in [2.45, 2.75) is 52.5 Å². The van der Waals surface area contributed by atoms with Crippen molar-refractivity contribution in [2.24, 2.45) is 0 Å². The highest BCUT2D eigenvalue weighted by Gasteiger charge is 2.18. The molecule has 0 fully saturated rings. The molecule has 0 spiro atoms. The zero-order valence-corrected chi connectivity index (χ0v) is 16.4. The molecule has 0 N–H and O–H groups in total. The van der Waals surface area contributed by atoms with Gasteiger partial charge in [-0.1, -0.05) is 50.6 Å². The maximum Gasteiger partial charge on any atom is 0.343 e. The predicted molar refractivity (Wildman–Crippen MR) is 107 cm³/mol. The molecular formula is C22H29NO4. The molecule has 5 nitrogen and oxygen atoms in total. The van der Waals surface area contributed by atoms with Gasteiger partial charge in [0.1, 0.15) is 5.56 Å². The highest BCUT2D eigenvalue weighted by atomic mass is 16.5. The third-order valence-electron chi connectivity index (χ3n) is 4.49. The fourth-order valence-electron chi connectivity index (χ4n) is 2.94. The number of benzene rings is 1.